The average molecular weight is 344 g/mol. The highest BCUT2D eigenvalue weighted by Crippen LogP contribution is 2.41. The Morgan fingerprint density at radius 1 is 0.808 bits per heavy atom. The number of fused-ring (bicyclic) bond motifs is 3. The SMILES string of the molecule is OC[C@H]1O[C@H](c2c3ccccc3cc3cc4ccccc4cc23)C[C@@H]1O. The maximum atomic E-state index is 10.3. The zero-order valence-electron chi connectivity index (χ0n) is 14.3. The van der Waals surface area contributed by atoms with E-state index in [0.717, 1.165) is 21.7 Å². The standard InChI is InChI=1S/C23H20O3/c24-13-22-20(25)12-21(26-22)23-18-8-4-3-7-16(18)10-17-9-14-5-1-2-6-15(14)11-19(17)23/h1-11,20-22,24-25H,12-13H2/t20-,21-,22+/m0/s1. The molecule has 0 saturated carbocycles. The fourth-order valence-corrected chi connectivity index (χ4v) is 4.22. The van der Waals surface area contributed by atoms with E-state index in [1.807, 2.05) is 18.2 Å². The summed E-state index contributed by atoms with van der Waals surface area (Å²) in [6.07, 6.45) is -0.882. The number of hydrogen-bond acceptors (Lipinski definition) is 3. The molecule has 130 valence electrons. The second kappa shape index (κ2) is 6.06. The molecule has 0 bridgehead atoms. The van der Waals surface area contributed by atoms with Gasteiger partial charge in [0.15, 0.2) is 0 Å². The van der Waals surface area contributed by atoms with Crippen LogP contribution < -0.4 is 0 Å². The molecule has 1 heterocycles. The van der Waals surface area contributed by atoms with Crippen molar-refractivity contribution in [2.24, 2.45) is 0 Å². The van der Waals surface area contributed by atoms with Crippen LogP contribution in [0.3, 0.4) is 0 Å². The number of hydrogen-bond donors (Lipinski definition) is 2. The summed E-state index contributed by atoms with van der Waals surface area (Å²) < 4.78 is 6.04. The Balaban J connectivity index is 1.83. The third-order valence-corrected chi connectivity index (χ3v) is 5.50. The van der Waals surface area contributed by atoms with E-state index in [4.69, 9.17) is 4.74 Å². The summed E-state index contributed by atoms with van der Waals surface area (Å²) in [6.45, 7) is -0.163. The summed E-state index contributed by atoms with van der Waals surface area (Å²) in [5, 5.41) is 26.8. The van der Waals surface area contributed by atoms with Crippen molar-refractivity contribution in [2.75, 3.05) is 6.61 Å². The molecule has 0 aromatic heterocycles. The van der Waals surface area contributed by atoms with Gasteiger partial charge in [-0.25, -0.2) is 0 Å². The van der Waals surface area contributed by atoms with Gasteiger partial charge in [0.25, 0.3) is 0 Å². The summed E-state index contributed by atoms with van der Waals surface area (Å²) in [7, 11) is 0. The minimum Gasteiger partial charge on any atom is -0.394 e. The Bertz CT molecular complexity index is 1110. The molecule has 1 aliphatic heterocycles. The van der Waals surface area contributed by atoms with Gasteiger partial charge in [-0.1, -0.05) is 48.5 Å². The molecule has 1 fully saturated rings. The number of rotatable bonds is 2. The molecule has 1 saturated heterocycles. The van der Waals surface area contributed by atoms with Crippen molar-refractivity contribution in [2.45, 2.75) is 24.7 Å². The maximum Gasteiger partial charge on any atom is 0.107 e. The third kappa shape index (κ3) is 2.40. The first-order valence-corrected chi connectivity index (χ1v) is 9.03. The van der Waals surface area contributed by atoms with Crippen LogP contribution in [0.25, 0.3) is 32.3 Å². The molecule has 3 heteroatoms. The zero-order valence-corrected chi connectivity index (χ0v) is 14.3. The van der Waals surface area contributed by atoms with Gasteiger partial charge in [0, 0.05) is 6.42 Å². The van der Waals surface area contributed by atoms with E-state index in [-0.39, 0.29) is 12.7 Å². The summed E-state index contributed by atoms with van der Waals surface area (Å²) in [5.41, 5.74) is 1.11. The summed E-state index contributed by atoms with van der Waals surface area (Å²) in [6, 6.07) is 23.3. The second-order valence-electron chi connectivity index (χ2n) is 7.08. The Morgan fingerprint density at radius 3 is 2.19 bits per heavy atom. The molecular formula is C23H20O3. The molecule has 0 amide bonds. The lowest BCUT2D eigenvalue weighted by Gasteiger charge is -2.18. The van der Waals surface area contributed by atoms with Gasteiger partial charge in [0.05, 0.1) is 18.8 Å². The predicted octanol–water partition coefficient (Wildman–Crippen LogP) is 4.33. The van der Waals surface area contributed by atoms with Crippen LogP contribution in [0, 0.1) is 0 Å². The van der Waals surface area contributed by atoms with Crippen LogP contribution in [0.5, 0.6) is 0 Å². The molecule has 0 spiro atoms. The van der Waals surface area contributed by atoms with Gasteiger partial charge < -0.3 is 14.9 Å². The zero-order chi connectivity index (χ0) is 17.7. The number of ether oxygens (including phenoxy) is 1. The highest BCUT2D eigenvalue weighted by atomic mass is 16.5. The molecule has 3 atom stereocenters. The lowest BCUT2D eigenvalue weighted by Crippen LogP contribution is -2.24. The van der Waals surface area contributed by atoms with Crippen LogP contribution in [0.4, 0.5) is 0 Å². The van der Waals surface area contributed by atoms with Crippen LogP contribution in [-0.4, -0.2) is 29.0 Å². The van der Waals surface area contributed by atoms with E-state index in [2.05, 4.69) is 48.5 Å². The van der Waals surface area contributed by atoms with Crippen LogP contribution in [-0.2, 0) is 4.74 Å². The molecule has 4 aromatic rings. The molecule has 0 radical (unpaired) electrons. The first-order chi connectivity index (χ1) is 12.7. The normalized spacial score (nSPS) is 23.2. The van der Waals surface area contributed by atoms with E-state index in [1.54, 1.807) is 0 Å². The Morgan fingerprint density at radius 2 is 1.46 bits per heavy atom. The Labute approximate surface area is 151 Å². The van der Waals surface area contributed by atoms with Crippen molar-refractivity contribution in [3.05, 3.63) is 72.3 Å². The summed E-state index contributed by atoms with van der Waals surface area (Å²) in [5.74, 6) is 0. The van der Waals surface area contributed by atoms with Crippen molar-refractivity contribution in [1.29, 1.82) is 0 Å². The fourth-order valence-electron chi connectivity index (χ4n) is 4.22. The van der Waals surface area contributed by atoms with Crippen LogP contribution in [0.15, 0.2) is 66.7 Å². The minimum atomic E-state index is -0.639. The van der Waals surface area contributed by atoms with Gasteiger partial charge in [0.2, 0.25) is 0 Å². The van der Waals surface area contributed by atoms with Crippen LogP contribution >= 0.6 is 0 Å². The molecular weight excluding hydrogens is 324 g/mol. The molecule has 4 aromatic carbocycles. The molecule has 5 rings (SSSR count). The van der Waals surface area contributed by atoms with E-state index < -0.39 is 12.2 Å². The average Bonchev–Trinajstić information content (AvgIpc) is 3.04. The van der Waals surface area contributed by atoms with Gasteiger partial charge in [-0.3, -0.25) is 0 Å². The largest absolute Gasteiger partial charge is 0.394 e. The maximum absolute atomic E-state index is 10.3. The van der Waals surface area contributed by atoms with E-state index in [9.17, 15) is 10.2 Å². The second-order valence-corrected chi connectivity index (χ2v) is 7.08. The number of aliphatic hydroxyl groups excluding tert-OH is 2. The predicted molar refractivity (Wildman–Crippen MR) is 104 cm³/mol. The quantitative estimate of drug-likeness (QED) is 0.532. The van der Waals surface area contributed by atoms with Crippen molar-refractivity contribution >= 4 is 32.3 Å². The molecule has 26 heavy (non-hydrogen) atoms. The summed E-state index contributed by atoms with van der Waals surface area (Å²) in [4.78, 5) is 0. The Hall–Kier alpha value is -2.46. The van der Waals surface area contributed by atoms with Crippen molar-refractivity contribution in [3.8, 4) is 0 Å². The van der Waals surface area contributed by atoms with Crippen molar-refractivity contribution < 1.29 is 14.9 Å². The third-order valence-electron chi connectivity index (χ3n) is 5.50. The first-order valence-electron chi connectivity index (χ1n) is 9.03. The highest BCUT2D eigenvalue weighted by molar-refractivity contribution is 6.07. The Kier molecular flexibility index (Phi) is 3.68. The number of aliphatic hydroxyl groups is 2. The fraction of sp³-hybridized carbons (Fsp3) is 0.217. The minimum absolute atomic E-state index is 0.163. The van der Waals surface area contributed by atoms with E-state index in [1.165, 1.54) is 16.2 Å². The van der Waals surface area contributed by atoms with E-state index >= 15 is 0 Å². The first kappa shape index (κ1) is 15.8. The van der Waals surface area contributed by atoms with Crippen molar-refractivity contribution in [3.63, 3.8) is 0 Å². The van der Waals surface area contributed by atoms with Gasteiger partial charge in [-0.15, -0.1) is 0 Å². The topological polar surface area (TPSA) is 49.7 Å². The number of benzene rings is 4. The lowest BCUT2D eigenvalue weighted by atomic mass is 9.90. The monoisotopic (exact) mass is 344 g/mol. The van der Waals surface area contributed by atoms with Crippen molar-refractivity contribution in [1.82, 2.24) is 0 Å². The molecule has 3 nitrogen and oxygen atoms in total. The molecule has 0 unspecified atom stereocenters. The van der Waals surface area contributed by atoms with Gasteiger partial charge in [-0.05, 0) is 56.1 Å². The highest BCUT2D eigenvalue weighted by Gasteiger charge is 2.35. The van der Waals surface area contributed by atoms with Crippen LogP contribution in [0.1, 0.15) is 18.1 Å². The van der Waals surface area contributed by atoms with Gasteiger partial charge >= 0.3 is 0 Å². The van der Waals surface area contributed by atoms with E-state index in [0.29, 0.717) is 6.42 Å². The van der Waals surface area contributed by atoms with Gasteiger partial charge in [0.1, 0.15) is 6.10 Å². The van der Waals surface area contributed by atoms with Gasteiger partial charge in [-0.2, -0.15) is 0 Å². The molecule has 0 aliphatic carbocycles. The smallest absolute Gasteiger partial charge is 0.107 e. The summed E-state index contributed by atoms with van der Waals surface area (Å²) >= 11 is 0. The van der Waals surface area contributed by atoms with Crippen LogP contribution in [0.2, 0.25) is 0 Å². The molecule has 2 N–H and O–H groups in total. The lowest BCUT2D eigenvalue weighted by molar-refractivity contribution is -0.0218. The molecule has 1 aliphatic rings.